The van der Waals surface area contributed by atoms with Gasteiger partial charge < -0.3 is 21.1 Å². The third-order valence-electron chi connectivity index (χ3n) is 8.14. The molecule has 1 saturated heterocycles. The number of unbranched alkanes of at least 4 members (excludes halogenated alkanes) is 1. The molecule has 1 aromatic carbocycles. The van der Waals surface area contributed by atoms with Gasteiger partial charge in [0.25, 0.3) is 0 Å². The van der Waals surface area contributed by atoms with Crippen molar-refractivity contribution < 1.29 is 13.9 Å². The van der Waals surface area contributed by atoms with Crippen molar-refractivity contribution in [3.8, 4) is 0 Å². The number of ether oxygens (including phenoxy) is 1. The van der Waals surface area contributed by atoms with Gasteiger partial charge in [0.05, 0.1) is 5.02 Å². The summed E-state index contributed by atoms with van der Waals surface area (Å²) >= 11 is 6.24. The summed E-state index contributed by atoms with van der Waals surface area (Å²) in [4.78, 5) is 14.0. The van der Waals surface area contributed by atoms with Gasteiger partial charge in [0.15, 0.2) is 0 Å². The van der Waals surface area contributed by atoms with E-state index in [0.717, 1.165) is 44.9 Å². The van der Waals surface area contributed by atoms with Gasteiger partial charge in [-0.15, -0.1) is 0 Å². The Morgan fingerprint density at radius 3 is 2.74 bits per heavy atom. The van der Waals surface area contributed by atoms with Gasteiger partial charge in [-0.2, -0.15) is 0 Å². The number of hydrogen-bond acceptors (Lipinski definition) is 3. The van der Waals surface area contributed by atoms with E-state index in [1.807, 2.05) is 12.1 Å². The standard InChI is InChI=1S/C27H43ClFN3O2/c1-34-16-6-5-12-23(22-11-7-13-24(28)25(22)29)27(14-8-15-32(19-27)26(31)33)18-21(30)17-20-9-3-2-4-10-20/h7,11,13,20-21,23H,2-6,8-10,12,14-19,30H2,1H3,(H2,31,33)/t21-,23+,27+/m0/s1. The number of piperidine rings is 1. The maximum absolute atomic E-state index is 15.4. The molecule has 1 aliphatic carbocycles. The number of hydrogen-bond donors (Lipinski definition) is 2. The second-order valence-electron chi connectivity index (χ2n) is 10.6. The fourth-order valence-corrected chi connectivity index (χ4v) is 6.76. The molecular formula is C27H43ClFN3O2. The maximum atomic E-state index is 15.4. The van der Waals surface area contributed by atoms with Crippen LogP contribution in [0.15, 0.2) is 18.2 Å². The normalized spacial score (nSPS) is 23.6. The molecule has 7 heteroatoms. The quantitative estimate of drug-likeness (QED) is 0.357. The highest BCUT2D eigenvalue weighted by Crippen LogP contribution is 2.50. The molecule has 5 nitrogen and oxygen atoms in total. The lowest BCUT2D eigenvalue weighted by molar-refractivity contribution is 0.0588. The van der Waals surface area contributed by atoms with Crippen molar-refractivity contribution in [3.05, 3.63) is 34.6 Å². The van der Waals surface area contributed by atoms with Crippen LogP contribution < -0.4 is 11.5 Å². The monoisotopic (exact) mass is 495 g/mol. The van der Waals surface area contributed by atoms with Gasteiger partial charge in [0.1, 0.15) is 5.82 Å². The smallest absolute Gasteiger partial charge is 0.314 e. The van der Waals surface area contributed by atoms with Crippen molar-refractivity contribution in [2.75, 3.05) is 26.8 Å². The van der Waals surface area contributed by atoms with Crippen LogP contribution in [-0.2, 0) is 4.74 Å². The van der Waals surface area contributed by atoms with E-state index in [4.69, 9.17) is 27.8 Å². The van der Waals surface area contributed by atoms with Crippen molar-refractivity contribution in [1.29, 1.82) is 0 Å². The first kappa shape index (κ1) is 27.2. The number of primary amides is 1. The summed E-state index contributed by atoms with van der Waals surface area (Å²) in [5.41, 5.74) is 12.9. The van der Waals surface area contributed by atoms with Crippen LogP contribution in [0.4, 0.5) is 9.18 Å². The van der Waals surface area contributed by atoms with Crippen LogP contribution >= 0.6 is 11.6 Å². The number of carbonyl (C=O) groups excluding carboxylic acids is 1. The fraction of sp³-hybridized carbons (Fsp3) is 0.741. The Labute approximate surface area is 209 Å². The second kappa shape index (κ2) is 13.1. The second-order valence-corrected chi connectivity index (χ2v) is 11.0. The van der Waals surface area contributed by atoms with E-state index in [1.165, 1.54) is 32.1 Å². The number of benzene rings is 1. The lowest BCUT2D eigenvalue weighted by atomic mass is 9.62. The molecule has 1 aromatic rings. The molecule has 3 atom stereocenters. The zero-order valence-electron chi connectivity index (χ0n) is 20.7. The number of likely N-dealkylation sites (tertiary alicyclic amines) is 1. The summed E-state index contributed by atoms with van der Waals surface area (Å²) < 4.78 is 20.7. The third-order valence-corrected chi connectivity index (χ3v) is 8.43. The Hall–Kier alpha value is -1.37. The molecule has 2 amide bonds. The van der Waals surface area contributed by atoms with Gasteiger partial charge in [-0.05, 0) is 67.4 Å². The highest BCUT2D eigenvalue weighted by Gasteiger charge is 2.45. The van der Waals surface area contributed by atoms with E-state index in [1.54, 1.807) is 18.1 Å². The predicted octanol–water partition coefficient (Wildman–Crippen LogP) is 6.23. The minimum Gasteiger partial charge on any atom is -0.385 e. The molecule has 0 bridgehead atoms. The summed E-state index contributed by atoms with van der Waals surface area (Å²) in [7, 11) is 1.70. The number of rotatable bonds is 11. The summed E-state index contributed by atoms with van der Waals surface area (Å²) in [5, 5.41) is 0.142. The number of urea groups is 1. The number of amides is 2. The molecule has 34 heavy (non-hydrogen) atoms. The molecule has 1 saturated carbocycles. The summed E-state index contributed by atoms with van der Waals surface area (Å²) in [6, 6.07) is 4.89. The zero-order chi connectivity index (χ0) is 24.6. The van der Waals surface area contributed by atoms with Crippen LogP contribution in [0, 0.1) is 17.2 Å². The van der Waals surface area contributed by atoms with E-state index in [9.17, 15) is 4.79 Å². The topological polar surface area (TPSA) is 81.6 Å². The predicted molar refractivity (Wildman–Crippen MR) is 136 cm³/mol. The van der Waals surface area contributed by atoms with Crippen molar-refractivity contribution in [3.63, 3.8) is 0 Å². The molecule has 4 N–H and O–H groups in total. The molecule has 2 aliphatic rings. The van der Waals surface area contributed by atoms with Crippen molar-refractivity contribution in [2.45, 2.75) is 89.0 Å². The zero-order valence-corrected chi connectivity index (χ0v) is 21.5. The lowest BCUT2D eigenvalue weighted by Gasteiger charge is -2.49. The van der Waals surface area contributed by atoms with Gasteiger partial charge in [0, 0.05) is 32.8 Å². The SMILES string of the molecule is COCCCC[C@H](c1cccc(Cl)c1F)[C@@]1(C[C@@H](N)CC2CCCCC2)CCCN(C(N)=O)C1. The van der Waals surface area contributed by atoms with Crippen LogP contribution in [0.2, 0.25) is 5.02 Å². The first-order chi connectivity index (χ1) is 16.4. The fourth-order valence-electron chi connectivity index (χ4n) is 6.57. The molecule has 0 spiro atoms. The number of methoxy groups -OCH3 is 1. The minimum atomic E-state index is -0.408. The Morgan fingerprint density at radius 1 is 1.26 bits per heavy atom. The van der Waals surface area contributed by atoms with Gasteiger partial charge >= 0.3 is 6.03 Å². The van der Waals surface area contributed by atoms with Gasteiger partial charge in [0.2, 0.25) is 0 Å². The summed E-state index contributed by atoms with van der Waals surface area (Å²) in [6.07, 6.45) is 12.5. The summed E-state index contributed by atoms with van der Waals surface area (Å²) in [5.74, 6) is 0.222. The largest absolute Gasteiger partial charge is 0.385 e. The van der Waals surface area contributed by atoms with Gasteiger partial charge in [-0.1, -0.05) is 62.3 Å². The van der Waals surface area contributed by atoms with Gasteiger partial charge in [-0.25, -0.2) is 9.18 Å². The van der Waals surface area contributed by atoms with E-state index < -0.39 is 6.03 Å². The summed E-state index contributed by atoms with van der Waals surface area (Å²) in [6.45, 7) is 1.83. The van der Waals surface area contributed by atoms with Crippen molar-refractivity contribution >= 4 is 17.6 Å². The number of halogens is 2. The Morgan fingerprint density at radius 2 is 2.03 bits per heavy atom. The van der Waals surface area contributed by atoms with Crippen LogP contribution in [0.5, 0.6) is 0 Å². The van der Waals surface area contributed by atoms with Crippen LogP contribution in [0.3, 0.4) is 0 Å². The molecule has 0 radical (unpaired) electrons. The van der Waals surface area contributed by atoms with E-state index >= 15 is 4.39 Å². The Bertz CT molecular complexity index is 789. The first-order valence-electron chi connectivity index (χ1n) is 13.1. The molecule has 0 unspecified atom stereocenters. The molecular weight excluding hydrogens is 453 g/mol. The minimum absolute atomic E-state index is 0.0136. The van der Waals surface area contributed by atoms with Crippen LogP contribution in [-0.4, -0.2) is 43.8 Å². The average Bonchev–Trinajstić information content (AvgIpc) is 2.82. The number of nitrogens with two attached hydrogens (primary N) is 2. The first-order valence-corrected chi connectivity index (χ1v) is 13.5. The van der Waals surface area contributed by atoms with Crippen LogP contribution in [0.25, 0.3) is 0 Å². The van der Waals surface area contributed by atoms with Crippen LogP contribution in [0.1, 0.15) is 88.5 Å². The van der Waals surface area contributed by atoms with E-state index in [0.29, 0.717) is 31.2 Å². The molecule has 2 fully saturated rings. The van der Waals surface area contributed by atoms with E-state index in [2.05, 4.69) is 0 Å². The third kappa shape index (κ3) is 7.08. The molecule has 3 rings (SSSR count). The number of carbonyl (C=O) groups is 1. The molecule has 192 valence electrons. The highest BCUT2D eigenvalue weighted by atomic mass is 35.5. The Kier molecular flexibility index (Phi) is 10.5. The molecule has 0 aromatic heterocycles. The Balaban J connectivity index is 1.93. The molecule has 1 aliphatic heterocycles. The van der Waals surface area contributed by atoms with Gasteiger partial charge in [-0.3, -0.25) is 0 Å². The van der Waals surface area contributed by atoms with E-state index in [-0.39, 0.29) is 28.2 Å². The van der Waals surface area contributed by atoms with Crippen molar-refractivity contribution in [1.82, 2.24) is 4.90 Å². The maximum Gasteiger partial charge on any atom is 0.314 e. The number of nitrogens with zero attached hydrogens (tertiary/aromatic N) is 1. The molecule has 1 heterocycles. The lowest BCUT2D eigenvalue weighted by Crippen LogP contribution is -2.52. The van der Waals surface area contributed by atoms with Crippen molar-refractivity contribution in [2.24, 2.45) is 22.8 Å². The average molecular weight is 496 g/mol. The highest BCUT2D eigenvalue weighted by molar-refractivity contribution is 6.30.